The Morgan fingerprint density at radius 3 is 2.76 bits per heavy atom. The van der Waals surface area contributed by atoms with E-state index in [0.717, 1.165) is 15.8 Å². The van der Waals surface area contributed by atoms with E-state index in [1.807, 2.05) is 47.8 Å². The van der Waals surface area contributed by atoms with Crippen molar-refractivity contribution in [2.24, 2.45) is 5.10 Å². The van der Waals surface area contributed by atoms with Crippen molar-refractivity contribution in [2.75, 3.05) is 0 Å². The number of benzene rings is 2. The van der Waals surface area contributed by atoms with Crippen molar-refractivity contribution in [1.29, 1.82) is 0 Å². The lowest BCUT2D eigenvalue weighted by Crippen LogP contribution is -2.19. The summed E-state index contributed by atoms with van der Waals surface area (Å²) in [6.07, 6.45) is 2.03. The maximum Gasteiger partial charge on any atom is 0.245 e. The third kappa shape index (κ3) is 3.55. The Bertz CT molecular complexity index is 778. The van der Waals surface area contributed by atoms with Gasteiger partial charge in [0, 0.05) is 4.88 Å². The van der Waals surface area contributed by atoms with E-state index in [1.165, 1.54) is 5.39 Å². The van der Waals surface area contributed by atoms with Crippen LogP contribution in [-0.4, -0.2) is 12.1 Å². The van der Waals surface area contributed by atoms with Crippen LogP contribution in [0.25, 0.3) is 10.8 Å². The average molecular weight is 294 g/mol. The Kier molecular flexibility index (Phi) is 4.07. The molecule has 3 rings (SSSR count). The molecule has 0 saturated heterocycles. The highest BCUT2D eigenvalue weighted by Crippen LogP contribution is 2.14. The van der Waals surface area contributed by atoms with Crippen molar-refractivity contribution in [3.8, 4) is 0 Å². The van der Waals surface area contributed by atoms with Gasteiger partial charge in [-0.15, -0.1) is 11.3 Å². The molecule has 0 aliphatic carbocycles. The molecule has 0 spiro atoms. The minimum Gasteiger partial charge on any atom is -0.273 e. The second-order valence-electron chi connectivity index (χ2n) is 4.66. The predicted octanol–water partition coefficient (Wildman–Crippen LogP) is 3.59. The summed E-state index contributed by atoms with van der Waals surface area (Å²) in [7, 11) is 0. The molecule has 0 saturated carbocycles. The normalized spacial score (nSPS) is 11.0. The Balaban J connectivity index is 1.63. The van der Waals surface area contributed by atoms with Crippen LogP contribution >= 0.6 is 11.3 Å². The van der Waals surface area contributed by atoms with Gasteiger partial charge in [-0.2, -0.15) is 5.10 Å². The van der Waals surface area contributed by atoms with Gasteiger partial charge in [0.05, 0.1) is 12.6 Å². The van der Waals surface area contributed by atoms with E-state index in [4.69, 9.17) is 0 Å². The van der Waals surface area contributed by atoms with Crippen LogP contribution in [0, 0.1) is 0 Å². The van der Waals surface area contributed by atoms with Crippen LogP contribution in [-0.2, 0) is 11.2 Å². The first-order valence-electron chi connectivity index (χ1n) is 6.64. The molecule has 0 unspecified atom stereocenters. The summed E-state index contributed by atoms with van der Waals surface area (Å²) in [4.78, 5) is 12.7. The fraction of sp³-hybridized carbons (Fsp3) is 0.0588. The lowest BCUT2D eigenvalue weighted by molar-refractivity contribution is -0.120. The fourth-order valence-electron chi connectivity index (χ4n) is 2.08. The van der Waals surface area contributed by atoms with Gasteiger partial charge in [-0.25, -0.2) is 5.43 Å². The molecule has 1 N–H and O–H groups in total. The summed E-state index contributed by atoms with van der Waals surface area (Å²) in [5.41, 5.74) is 3.52. The van der Waals surface area contributed by atoms with Crippen LogP contribution in [0.3, 0.4) is 0 Å². The molecule has 2 aromatic carbocycles. The van der Waals surface area contributed by atoms with Gasteiger partial charge in [0.15, 0.2) is 0 Å². The molecular weight excluding hydrogens is 280 g/mol. The third-order valence-electron chi connectivity index (χ3n) is 3.09. The number of amides is 1. The lowest BCUT2D eigenvalue weighted by atomic mass is 10.1. The van der Waals surface area contributed by atoms with Crippen molar-refractivity contribution >= 4 is 34.2 Å². The Morgan fingerprint density at radius 2 is 1.95 bits per heavy atom. The van der Waals surface area contributed by atoms with E-state index >= 15 is 0 Å². The zero-order valence-corrected chi connectivity index (χ0v) is 12.1. The summed E-state index contributed by atoms with van der Waals surface area (Å²) in [6, 6.07) is 18.1. The number of hydrogen-bond acceptors (Lipinski definition) is 3. The van der Waals surface area contributed by atoms with Crippen LogP contribution < -0.4 is 5.43 Å². The second-order valence-corrected chi connectivity index (χ2v) is 5.69. The van der Waals surface area contributed by atoms with Gasteiger partial charge < -0.3 is 0 Å². The molecule has 1 aromatic heterocycles. The Hall–Kier alpha value is -2.46. The summed E-state index contributed by atoms with van der Waals surface area (Å²) in [5, 5.41) is 8.32. The average Bonchev–Trinajstić information content (AvgIpc) is 3.00. The van der Waals surface area contributed by atoms with Gasteiger partial charge >= 0.3 is 0 Å². The number of fused-ring (bicyclic) bond motifs is 1. The zero-order chi connectivity index (χ0) is 14.5. The van der Waals surface area contributed by atoms with E-state index < -0.39 is 0 Å². The van der Waals surface area contributed by atoms with Crippen LogP contribution in [0.1, 0.15) is 10.4 Å². The highest BCUT2D eigenvalue weighted by atomic mass is 32.1. The lowest BCUT2D eigenvalue weighted by Gasteiger charge is -2.00. The fourth-order valence-corrected chi connectivity index (χ4v) is 2.78. The molecular formula is C17H14N2OS. The number of nitrogens with zero attached hydrogens (tertiary/aromatic N) is 1. The topological polar surface area (TPSA) is 41.5 Å². The molecule has 1 amide bonds. The molecule has 3 nitrogen and oxygen atoms in total. The minimum atomic E-state index is -0.102. The smallest absolute Gasteiger partial charge is 0.245 e. The summed E-state index contributed by atoms with van der Waals surface area (Å²) < 4.78 is 0. The van der Waals surface area contributed by atoms with Crippen LogP contribution in [0.4, 0.5) is 0 Å². The summed E-state index contributed by atoms with van der Waals surface area (Å²) in [5.74, 6) is -0.102. The van der Waals surface area contributed by atoms with Crippen LogP contribution in [0.5, 0.6) is 0 Å². The highest BCUT2D eigenvalue weighted by Gasteiger charge is 2.02. The van der Waals surface area contributed by atoms with Crippen molar-refractivity contribution < 1.29 is 4.79 Å². The van der Waals surface area contributed by atoms with Gasteiger partial charge in [-0.3, -0.25) is 4.79 Å². The van der Waals surface area contributed by atoms with Crippen molar-refractivity contribution in [2.45, 2.75) is 6.42 Å². The summed E-state index contributed by atoms with van der Waals surface area (Å²) in [6.45, 7) is 0. The van der Waals surface area contributed by atoms with E-state index in [0.29, 0.717) is 6.42 Å². The predicted molar refractivity (Wildman–Crippen MR) is 87.7 cm³/mol. The first kappa shape index (κ1) is 13.5. The van der Waals surface area contributed by atoms with E-state index in [1.54, 1.807) is 17.6 Å². The van der Waals surface area contributed by atoms with E-state index in [9.17, 15) is 4.79 Å². The minimum absolute atomic E-state index is 0.102. The van der Waals surface area contributed by atoms with Gasteiger partial charge in [0.2, 0.25) is 5.91 Å². The molecule has 104 valence electrons. The SMILES string of the molecule is O=C(Cc1cccs1)N/N=C\c1ccc2ccccc2c1. The van der Waals surface area contributed by atoms with Gasteiger partial charge in [0.1, 0.15) is 0 Å². The molecule has 1 heterocycles. The van der Waals surface area contributed by atoms with E-state index in [2.05, 4.69) is 22.7 Å². The Labute approximate surface area is 126 Å². The van der Waals surface area contributed by atoms with Crippen molar-refractivity contribution in [3.05, 3.63) is 70.4 Å². The molecule has 0 radical (unpaired) electrons. The van der Waals surface area contributed by atoms with Gasteiger partial charge in [-0.05, 0) is 33.8 Å². The number of hydrogen-bond donors (Lipinski definition) is 1. The van der Waals surface area contributed by atoms with Crippen LogP contribution in [0.15, 0.2) is 65.1 Å². The van der Waals surface area contributed by atoms with Gasteiger partial charge in [-0.1, -0.05) is 42.5 Å². The number of thiophene rings is 1. The maximum atomic E-state index is 11.7. The monoisotopic (exact) mass is 294 g/mol. The van der Waals surface area contributed by atoms with Crippen molar-refractivity contribution in [3.63, 3.8) is 0 Å². The number of hydrazone groups is 1. The van der Waals surface area contributed by atoms with Gasteiger partial charge in [0.25, 0.3) is 0 Å². The van der Waals surface area contributed by atoms with Crippen molar-refractivity contribution in [1.82, 2.24) is 5.43 Å². The third-order valence-corrected chi connectivity index (χ3v) is 3.97. The maximum absolute atomic E-state index is 11.7. The zero-order valence-electron chi connectivity index (χ0n) is 11.3. The molecule has 0 bridgehead atoms. The first-order chi connectivity index (χ1) is 10.3. The largest absolute Gasteiger partial charge is 0.273 e. The molecule has 0 atom stereocenters. The molecule has 4 heteroatoms. The first-order valence-corrected chi connectivity index (χ1v) is 7.52. The number of rotatable bonds is 4. The molecule has 0 aliphatic rings. The second kappa shape index (κ2) is 6.33. The molecule has 0 aliphatic heterocycles. The quantitative estimate of drug-likeness (QED) is 0.580. The highest BCUT2D eigenvalue weighted by molar-refractivity contribution is 7.10. The number of carbonyl (C=O) groups is 1. The summed E-state index contributed by atoms with van der Waals surface area (Å²) >= 11 is 1.57. The van der Waals surface area contributed by atoms with E-state index in [-0.39, 0.29) is 5.91 Å². The molecule has 3 aromatic rings. The molecule has 21 heavy (non-hydrogen) atoms. The number of nitrogens with one attached hydrogen (secondary N) is 1. The number of carbonyl (C=O) groups excluding carboxylic acids is 1. The van der Waals surface area contributed by atoms with Crippen LogP contribution in [0.2, 0.25) is 0 Å². The standard InChI is InChI=1S/C17H14N2OS/c20-17(11-16-6-3-9-21-16)19-18-12-13-7-8-14-4-1-2-5-15(14)10-13/h1-10,12H,11H2,(H,19,20)/b18-12-. The Morgan fingerprint density at radius 1 is 1.10 bits per heavy atom. The molecule has 0 fully saturated rings.